The molecule has 3 heterocycles. The molecule has 7 heteroatoms. The normalized spacial score (nSPS) is 13.6. The number of para-hydroxylation sites is 1. The molecule has 0 amide bonds. The lowest BCUT2D eigenvalue weighted by Gasteiger charge is -2.28. The third kappa shape index (κ3) is 4.84. The van der Waals surface area contributed by atoms with E-state index in [1.165, 1.54) is 0 Å². The second-order valence-corrected chi connectivity index (χ2v) is 7.47. The molecule has 2 aromatic heterocycles. The number of aromatic nitrogens is 3. The topological polar surface area (TPSA) is 75.2 Å². The Bertz CT molecular complexity index is 1140. The van der Waals surface area contributed by atoms with E-state index in [9.17, 15) is 0 Å². The van der Waals surface area contributed by atoms with Gasteiger partial charge in [-0.25, -0.2) is 15.0 Å². The van der Waals surface area contributed by atoms with Crippen LogP contribution in [0.15, 0.2) is 85.2 Å². The van der Waals surface area contributed by atoms with Crippen LogP contribution < -0.4 is 20.3 Å². The highest BCUT2D eigenvalue weighted by atomic mass is 16.5. The van der Waals surface area contributed by atoms with Gasteiger partial charge in [0.2, 0.25) is 5.95 Å². The van der Waals surface area contributed by atoms with Crippen molar-refractivity contribution in [1.29, 1.82) is 0 Å². The SMILES string of the molecule is c1ccc(Oc2ccc(Nc3nccc(-c4ccc(N5CCNCC5)nc4)n3)cc2)cc1. The Kier molecular flexibility index (Phi) is 5.89. The highest BCUT2D eigenvalue weighted by Crippen LogP contribution is 2.25. The molecule has 5 rings (SSSR count). The van der Waals surface area contributed by atoms with Gasteiger partial charge in [-0.1, -0.05) is 18.2 Å². The van der Waals surface area contributed by atoms with Gasteiger partial charge in [0.05, 0.1) is 5.69 Å². The van der Waals surface area contributed by atoms with E-state index in [4.69, 9.17) is 4.74 Å². The molecule has 1 aliphatic rings. The number of piperazine rings is 1. The van der Waals surface area contributed by atoms with E-state index in [-0.39, 0.29) is 0 Å². The van der Waals surface area contributed by atoms with Gasteiger partial charge in [0.25, 0.3) is 0 Å². The van der Waals surface area contributed by atoms with Crippen molar-refractivity contribution in [1.82, 2.24) is 20.3 Å². The molecule has 0 saturated carbocycles. The van der Waals surface area contributed by atoms with E-state index in [0.717, 1.165) is 60.4 Å². The first-order chi connectivity index (χ1) is 15.8. The van der Waals surface area contributed by atoms with Gasteiger partial charge < -0.3 is 20.3 Å². The van der Waals surface area contributed by atoms with Crippen LogP contribution in [0.5, 0.6) is 11.5 Å². The maximum absolute atomic E-state index is 5.84. The van der Waals surface area contributed by atoms with Crippen LogP contribution in [0.4, 0.5) is 17.5 Å². The lowest BCUT2D eigenvalue weighted by atomic mass is 10.2. The van der Waals surface area contributed by atoms with Gasteiger partial charge in [-0.2, -0.15) is 0 Å². The van der Waals surface area contributed by atoms with Crippen molar-refractivity contribution in [2.45, 2.75) is 0 Å². The average Bonchev–Trinajstić information content (AvgIpc) is 2.87. The summed E-state index contributed by atoms with van der Waals surface area (Å²) in [7, 11) is 0. The minimum Gasteiger partial charge on any atom is -0.457 e. The lowest BCUT2D eigenvalue weighted by molar-refractivity contribution is 0.483. The first-order valence-electron chi connectivity index (χ1n) is 10.7. The second-order valence-electron chi connectivity index (χ2n) is 7.47. The van der Waals surface area contributed by atoms with Crippen LogP contribution >= 0.6 is 0 Å². The highest BCUT2D eigenvalue weighted by Gasteiger charge is 2.12. The number of anilines is 3. The van der Waals surface area contributed by atoms with Crippen molar-refractivity contribution < 1.29 is 4.74 Å². The van der Waals surface area contributed by atoms with Crippen molar-refractivity contribution >= 4 is 17.5 Å². The molecule has 0 unspecified atom stereocenters. The fraction of sp³-hybridized carbons (Fsp3) is 0.160. The van der Waals surface area contributed by atoms with Crippen LogP contribution in [-0.2, 0) is 0 Å². The van der Waals surface area contributed by atoms with Gasteiger partial charge >= 0.3 is 0 Å². The zero-order chi connectivity index (χ0) is 21.6. The second kappa shape index (κ2) is 9.45. The number of hydrogen-bond donors (Lipinski definition) is 2. The molecule has 4 aromatic rings. The smallest absolute Gasteiger partial charge is 0.227 e. The molecule has 160 valence electrons. The Labute approximate surface area is 187 Å². The fourth-order valence-electron chi connectivity index (χ4n) is 3.56. The summed E-state index contributed by atoms with van der Waals surface area (Å²) in [6.45, 7) is 3.93. The highest BCUT2D eigenvalue weighted by molar-refractivity contribution is 5.63. The molecule has 0 bridgehead atoms. The summed E-state index contributed by atoms with van der Waals surface area (Å²) in [5.41, 5.74) is 2.67. The molecular weight excluding hydrogens is 400 g/mol. The minimum absolute atomic E-state index is 0.533. The van der Waals surface area contributed by atoms with Crippen LogP contribution in [0.2, 0.25) is 0 Å². The number of hydrogen-bond acceptors (Lipinski definition) is 7. The van der Waals surface area contributed by atoms with E-state index in [1.54, 1.807) is 6.20 Å². The minimum atomic E-state index is 0.533. The van der Waals surface area contributed by atoms with Gasteiger partial charge in [0.1, 0.15) is 17.3 Å². The van der Waals surface area contributed by atoms with Crippen molar-refractivity contribution in [3.8, 4) is 22.8 Å². The number of nitrogens with zero attached hydrogens (tertiary/aromatic N) is 4. The summed E-state index contributed by atoms with van der Waals surface area (Å²) in [5, 5.41) is 6.62. The van der Waals surface area contributed by atoms with E-state index < -0.39 is 0 Å². The summed E-state index contributed by atoms with van der Waals surface area (Å²) >= 11 is 0. The quantitative estimate of drug-likeness (QED) is 0.472. The zero-order valence-electron chi connectivity index (χ0n) is 17.6. The van der Waals surface area contributed by atoms with E-state index in [0.29, 0.717) is 5.95 Å². The van der Waals surface area contributed by atoms with Gasteiger partial charge in [-0.15, -0.1) is 0 Å². The summed E-state index contributed by atoms with van der Waals surface area (Å²) in [6.07, 6.45) is 3.63. The first kappa shape index (κ1) is 20.0. The molecule has 1 aliphatic heterocycles. The summed E-state index contributed by atoms with van der Waals surface area (Å²) in [4.78, 5) is 15.9. The molecule has 2 aromatic carbocycles. The molecule has 0 radical (unpaired) electrons. The van der Waals surface area contributed by atoms with Crippen molar-refractivity contribution in [3.05, 3.63) is 85.2 Å². The predicted molar refractivity (Wildman–Crippen MR) is 127 cm³/mol. The Morgan fingerprint density at radius 3 is 2.34 bits per heavy atom. The summed E-state index contributed by atoms with van der Waals surface area (Å²) in [5.74, 6) is 3.11. The number of benzene rings is 2. The van der Waals surface area contributed by atoms with Crippen molar-refractivity contribution in [3.63, 3.8) is 0 Å². The molecule has 1 fully saturated rings. The van der Waals surface area contributed by atoms with E-state index >= 15 is 0 Å². The lowest BCUT2D eigenvalue weighted by Crippen LogP contribution is -2.43. The molecule has 32 heavy (non-hydrogen) atoms. The number of ether oxygens (including phenoxy) is 1. The van der Waals surface area contributed by atoms with Crippen LogP contribution in [0, 0.1) is 0 Å². The van der Waals surface area contributed by atoms with Crippen LogP contribution in [-0.4, -0.2) is 41.1 Å². The third-order valence-corrected chi connectivity index (χ3v) is 5.23. The summed E-state index contributed by atoms with van der Waals surface area (Å²) in [6, 6.07) is 23.4. The van der Waals surface area contributed by atoms with E-state index in [1.807, 2.05) is 66.9 Å². The average molecular weight is 425 g/mol. The molecule has 1 saturated heterocycles. The van der Waals surface area contributed by atoms with Gasteiger partial charge in [-0.3, -0.25) is 0 Å². The summed E-state index contributed by atoms with van der Waals surface area (Å²) < 4.78 is 5.84. The fourth-order valence-corrected chi connectivity index (χ4v) is 3.56. The molecule has 0 atom stereocenters. The van der Waals surface area contributed by atoms with Crippen LogP contribution in [0.1, 0.15) is 0 Å². The van der Waals surface area contributed by atoms with E-state index in [2.05, 4.69) is 42.6 Å². The predicted octanol–water partition coefficient (Wildman–Crippen LogP) is 4.48. The zero-order valence-corrected chi connectivity index (χ0v) is 17.6. The molecule has 0 aliphatic carbocycles. The first-order valence-corrected chi connectivity index (χ1v) is 10.7. The third-order valence-electron chi connectivity index (χ3n) is 5.23. The van der Waals surface area contributed by atoms with Gasteiger partial charge in [0.15, 0.2) is 0 Å². The maximum Gasteiger partial charge on any atom is 0.227 e. The molecular formula is C25H24N6O. The van der Waals surface area contributed by atoms with Gasteiger partial charge in [0, 0.05) is 49.8 Å². The Balaban J connectivity index is 1.26. The maximum atomic E-state index is 5.84. The largest absolute Gasteiger partial charge is 0.457 e. The number of pyridine rings is 1. The van der Waals surface area contributed by atoms with Crippen LogP contribution in [0.3, 0.4) is 0 Å². The Hall–Kier alpha value is -3.97. The Morgan fingerprint density at radius 2 is 1.59 bits per heavy atom. The molecule has 7 nitrogen and oxygen atoms in total. The van der Waals surface area contributed by atoms with Gasteiger partial charge in [-0.05, 0) is 54.6 Å². The van der Waals surface area contributed by atoms with Crippen LogP contribution in [0.25, 0.3) is 11.3 Å². The van der Waals surface area contributed by atoms with Crippen molar-refractivity contribution in [2.75, 3.05) is 36.4 Å². The molecule has 2 N–H and O–H groups in total. The number of nitrogens with one attached hydrogen (secondary N) is 2. The monoisotopic (exact) mass is 424 g/mol. The molecule has 0 spiro atoms. The Morgan fingerprint density at radius 1 is 0.812 bits per heavy atom. The standard InChI is InChI=1S/C25H24N6O/c1-2-4-21(5-3-1)32-22-9-7-20(8-10-22)29-25-27-13-12-23(30-25)19-6-11-24(28-18-19)31-16-14-26-15-17-31/h1-13,18,26H,14-17H2,(H,27,29,30). The van der Waals surface area contributed by atoms with Crippen molar-refractivity contribution in [2.24, 2.45) is 0 Å². The number of rotatable bonds is 6.